The maximum Gasteiger partial charge on any atom is 0.215 e. The molecule has 2 N–H and O–H groups in total. The Bertz CT molecular complexity index is 515. The van der Waals surface area contributed by atoms with Gasteiger partial charge in [-0.3, -0.25) is 0 Å². The first-order chi connectivity index (χ1) is 9.05. The highest BCUT2D eigenvalue weighted by Crippen LogP contribution is 2.12. The first kappa shape index (κ1) is 14.7. The van der Waals surface area contributed by atoms with Crippen LogP contribution in [0.1, 0.15) is 5.56 Å². The summed E-state index contributed by atoms with van der Waals surface area (Å²) >= 11 is 5.83. The summed E-state index contributed by atoms with van der Waals surface area (Å²) < 4.78 is 31.8. The Balaban J connectivity index is 1.87. The van der Waals surface area contributed by atoms with Gasteiger partial charge in [-0.1, -0.05) is 23.7 Å². The molecule has 19 heavy (non-hydrogen) atoms. The predicted octanol–water partition coefficient (Wildman–Crippen LogP) is 0.748. The third kappa shape index (κ3) is 5.08. The van der Waals surface area contributed by atoms with Crippen LogP contribution in [0.3, 0.4) is 0 Å². The van der Waals surface area contributed by atoms with E-state index in [1.807, 2.05) is 0 Å². The van der Waals surface area contributed by atoms with Crippen LogP contribution in [0.4, 0.5) is 0 Å². The number of ether oxygens (including phenoxy) is 1. The lowest BCUT2D eigenvalue weighted by Gasteiger charge is -2.23. The van der Waals surface area contributed by atoms with Gasteiger partial charge < -0.3 is 10.1 Å². The summed E-state index contributed by atoms with van der Waals surface area (Å²) in [4.78, 5) is 0. The molecular weight excluding hydrogens is 288 g/mol. The molecule has 0 spiro atoms. The van der Waals surface area contributed by atoms with Gasteiger partial charge in [-0.25, -0.2) is 13.1 Å². The molecule has 1 aromatic rings. The molecule has 7 heteroatoms. The highest BCUT2D eigenvalue weighted by atomic mass is 35.5. The number of benzene rings is 1. The van der Waals surface area contributed by atoms with E-state index in [1.165, 1.54) is 0 Å². The van der Waals surface area contributed by atoms with E-state index in [2.05, 4.69) is 10.0 Å². The Kier molecular flexibility index (Phi) is 5.18. The van der Waals surface area contributed by atoms with Crippen molar-refractivity contribution in [3.05, 3.63) is 34.9 Å². The standard InChI is InChI=1S/C12H17ClN2O3S/c13-11-3-1-2-10(6-11)9-19(16,17)15-8-12-7-14-4-5-18-12/h1-3,6,12,14-15H,4-5,7-9H2/t12-/m0/s1. The molecule has 1 aromatic carbocycles. The third-order valence-electron chi connectivity index (χ3n) is 2.78. The minimum Gasteiger partial charge on any atom is -0.374 e. The maximum absolute atomic E-state index is 11.9. The predicted molar refractivity (Wildman–Crippen MR) is 74.7 cm³/mol. The highest BCUT2D eigenvalue weighted by Gasteiger charge is 2.17. The molecular formula is C12H17ClN2O3S. The van der Waals surface area contributed by atoms with Crippen molar-refractivity contribution in [2.75, 3.05) is 26.2 Å². The van der Waals surface area contributed by atoms with Gasteiger partial charge >= 0.3 is 0 Å². The molecule has 1 saturated heterocycles. The van der Waals surface area contributed by atoms with Crippen molar-refractivity contribution in [3.8, 4) is 0 Å². The lowest BCUT2D eigenvalue weighted by atomic mass is 10.2. The summed E-state index contributed by atoms with van der Waals surface area (Å²) in [5.41, 5.74) is 0.669. The van der Waals surface area contributed by atoms with Gasteiger partial charge in [-0.15, -0.1) is 0 Å². The largest absolute Gasteiger partial charge is 0.374 e. The van der Waals surface area contributed by atoms with Crippen LogP contribution in [0.5, 0.6) is 0 Å². The minimum atomic E-state index is -3.37. The molecule has 0 aliphatic carbocycles. The molecule has 2 rings (SSSR count). The van der Waals surface area contributed by atoms with Crippen molar-refractivity contribution in [1.29, 1.82) is 0 Å². The van der Waals surface area contributed by atoms with Crippen LogP contribution < -0.4 is 10.0 Å². The number of sulfonamides is 1. The van der Waals surface area contributed by atoms with Crippen LogP contribution in [0.15, 0.2) is 24.3 Å². The number of rotatable bonds is 5. The van der Waals surface area contributed by atoms with Gasteiger partial charge in [0.2, 0.25) is 10.0 Å². The summed E-state index contributed by atoms with van der Waals surface area (Å²) in [7, 11) is -3.37. The number of halogens is 1. The molecule has 106 valence electrons. The van der Waals surface area contributed by atoms with Crippen molar-refractivity contribution in [2.24, 2.45) is 0 Å². The second kappa shape index (κ2) is 6.67. The molecule has 0 saturated carbocycles. The van der Waals surface area contributed by atoms with Crippen molar-refractivity contribution in [3.63, 3.8) is 0 Å². The average molecular weight is 305 g/mol. The minimum absolute atomic E-state index is 0.0757. The van der Waals surface area contributed by atoms with Gasteiger partial charge in [0, 0.05) is 24.7 Å². The fourth-order valence-corrected chi connectivity index (χ4v) is 3.24. The lowest BCUT2D eigenvalue weighted by Crippen LogP contribution is -2.45. The molecule has 0 amide bonds. The molecule has 1 aliphatic heterocycles. The summed E-state index contributed by atoms with van der Waals surface area (Å²) in [5.74, 6) is -0.0757. The van der Waals surface area contributed by atoms with E-state index < -0.39 is 10.0 Å². The van der Waals surface area contributed by atoms with Gasteiger partial charge in [0.25, 0.3) is 0 Å². The number of morpholine rings is 1. The van der Waals surface area contributed by atoms with Crippen LogP contribution in [-0.4, -0.2) is 40.8 Å². The van der Waals surface area contributed by atoms with Gasteiger partial charge in [-0.2, -0.15) is 0 Å². The molecule has 0 bridgehead atoms. The molecule has 0 unspecified atom stereocenters. The Morgan fingerprint density at radius 3 is 3.00 bits per heavy atom. The molecule has 0 radical (unpaired) electrons. The first-order valence-corrected chi connectivity index (χ1v) is 8.12. The second-order valence-corrected chi connectivity index (χ2v) is 6.68. The molecule has 5 nitrogen and oxygen atoms in total. The SMILES string of the molecule is O=S(=O)(Cc1cccc(Cl)c1)NC[C@@H]1CNCCO1. The smallest absolute Gasteiger partial charge is 0.215 e. The van der Waals surface area contributed by atoms with Crippen molar-refractivity contribution in [2.45, 2.75) is 11.9 Å². The molecule has 1 fully saturated rings. The zero-order valence-corrected chi connectivity index (χ0v) is 12.0. The van der Waals surface area contributed by atoms with E-state index in [0.29, 0.717) is 23.7 Å². The first-order valence-electron chi connectivity index (χ1n) is 6.09. The number of hydrogen-bond acceptors (Lipinski definition) is 4. The van der Waals surface area contributed by atoms with Crippen molar-refractivity contribution >= 4 is 21.6 Å². The van der Waals surface area contributed by atoms with Gasteiger partial charge in [0.15, 0.2) is 0 Å². The summed E-state index contributed by atoms with van der Waals surface area (Å²) in [6.45, 7) is 2.38. The Morgan fingerprint density at radius 2 is 2.32 bits per heavy atom. The van der Waals surface area contributed by atoms with Gasteiger partial charge in [0.1, 0.15) is 0 Å². The van der Waals surface area contributed by atoms with E-state index in [1.54, 1.807) is 24.3 Å². The molecule has 1 heterocycles. The monoisotopic (exact) mass is 304 g/mol. The van der Waals surface area contributed by atoms with E-state index >= 15 is 0 Å². The van der Waals surface area contributed by atoms with Crippen LogP contribution in [-0.2, 0) is 20.5 Å². The van der Waals surface area contributed by atoms with Crippen molar-refractivity contribution in [1.82, 2.24) is 10.0 Å². The third-order valence-corrected chi connectivity index (χ3v) is 4.34. The normalized spacial score (nSPS) is 20.4. The summed E-state index contributed by atoms with van der Waals surface area (Å²) in [6.07, 6.45) is -0.108. The van der Waals surface area contributed by atoms with E-state index in [0.717, 1.165) is 6.54 Å². The second-order valence-electron chi connectivity index (χ2n) is 4.43. The van der Waals surface area contributed by atoms with Crippen LogP contribution >= 0.6 is 11.6 Å². The zero-order chi connectivity index (χ0) is 13.7. The van der Waals surface area contributed by atoms with E-state index in [4.69, 9.17) is 16.3 Å². The zero-order valence-electron chi connectivity index (χ0n) is 10.4. The molecule has 1 atom stereocenters. The fourth-order valence-electron chi connectivity index (χ4n) is 1.87. The van der Waals surface area contributed by atoms with E-state index in [-0.39, 0.29) is 18.4 Å². The molecule has 0 aromatic heterocycles. The Hall–Kier alpha value is -0.660. The number of hydrogen-bond donors (Lipinski definition) is 2. The van der Waals surface area contributed by atoms with Crippen LogP contribution in [0.25, 0.3) is 0 Å². The highest BCUT2D eigenvalue weighted by molar-refractivity contribution is 7.88. The van der Waals surface area contributed by atoms with Gasteiger partial charge in [0.05, 0.1) is 18.5 Å². The van der Waals surface area contributed by atoms with Gasteiger partial charge in [-0.05, 0) is 17.7 Å². The van der Waals surface area contributed by atoms with Crippen LogP contribution in [0.2, 0.25) is 5.02 Å². The Labute approximate surface area is 118 Å². The summed E-state index contributed by atoms with van der Waals surface area (Å²) in [5, 5.41) is 3.69. The number of nitrogens with one attached hydrogen (secondary N) is 2. The maximum atomic E-state index is 11.9. The average Bonchev–Trinajstić information content (AvgIpc) is 2.37. The van der Waals surface area contributed by atoms with Crippen LogP contribution in [0, 0.1) is 0 Å². The molecule has 1 aliphatic rings. The fraction of sp³-hybridized carbons (Fsp3) is 0.500. The Morgan fingerprint density at radius 1 is 1.47 bits per heavy atom. The topological polar surface area (TPSA) is 67.4 Å². The van der Waals surface area contributed by atoms with Crippen molar-refractivity contribution < 1.29 is 13.2 Å². The summed E-state index contributed by atoms with van der Waals surface area (Å²) in [6, 6.07) is 6.84. The van der Waals surface area contributed by atoms with E-state index in [9.17, 15) is 8.42 Å². The quantitative estimate of drug-likeness (QED) is 0.842. The lowest BCUT2D eigenvalue weighted by molar-refractivity contribution is 0.0324.